The van der Waals surface area contributed by atoms with E-state index in [-0.39, 0.29) is 6.03 Å². The van der Waals surface area contributed by atoms with Crippen molar-refractivity contribution >= 4 is 6.03 Å². The Morgan fingerprint density at radius 1 is 1.40 bits per heavy atom. The van der Waals surface area contributed by atoms with Crippen LogP contribution in [0.4, 0.5) is 4.79 Å². The van der Waals surface area contributed by atoms with Crippen molar-refractivity contribution in [2.45, 2.75) is 39.2 Å². The molecule has 0 aliphatic heterocycles. The summed E-state index contributed by atoms with van der Waals surface area (Å²) in [7, 11) is 0. The van der Waals surface area contributed by atoms with Crippen LogP contribution in [0.3, 0.4) is 0 Å². The van der Waals surface area contributed by atoms with Gasteiger partial charge in [0.05, 0.1) is 0 Å². The summed E-state index contributed by atoms with van der Waals surface area (Å²) >= 11 is 0. The fourth-order valence-corrected chi connectivity index (χ4v) is 1.90. The minimum absolute atomic E-state index is 0.0517. The van der Waals surface area contributed by atoms with Crippen molar-refractivity contribution in [3.8, 4) is 0 Å². The van der Waals surface area contributed by atoms with Gasteiger partial charge in [-0.25, -0.2) is 4.79 Å². The SMILES string of the molecule is CC(C)CNC(=O)NCC1CCC(N)C1. The quantitative estimate of drug-likeness (QED) is 0.654. The first-order valence-corrected chi connectivity index (χ1v) is 5.85. The van der Waals surface area contributed by atoms with E-state index >= 15 is 0 Å². The first-order valence-electron chi connectivity index (χ1n) is 5.85. The summed E-state index contributed by atoms with van der Waals surface area (Å²) in [5.41, 5.74) is 5.80. The number of urea groups is 1. The molecule has 0 bridgehead atoms. The summed E-state index contributed by atoms with van der Waals surface area (Å²) in [6, 6.07) is 0.291. The third kappa shape index (κ3) is 5.02. The number of hydrogen-bond donors (Lipinski definition) is 3. The van der Waals surface area contributed by atoms with Crippen molar-refractivity contribution in [1.29, 1.82) is 0 Å². The maximum atomic E-state index is 11.3. The molecule has 1 saturated carbocycles. The number of carbonyl (C=O) groups is 1. The molecular formula is C11H23N3O. The lowest BCUT2D eigenvalue weighted by Crippen LogP contribution is -2.39. The van der Waals surface area contributed by atoms with E-state index in [2.05, 4.69) is 24.5 Å². The fourth-order valence-electron chi connectivity index (χ4n) is 1.90. The van der Waals surface area contributed by atoms with Crippen LogP contribution in [0, 0.1) is 11.8 Å². The van der Waals surface area contributed by atoms with Gasteiger partial charge in [-0.2, -0.15) is 0 Å². The molecule has 0 radical (unpaired) electrons. The molecule has 0 aromatic carbocycles. The molecule has 0 aromatic heterocycles. The second-order valence-corrected chi connectivity index (χ2v) is 4.92. The van der Waals surface area contributed by atoms with Crippen molar-refractivity contribution in [2.75, 3.05) is 13.1 Å². The van der Waals surface area contributed by atoms with E-state index in [4.69, 9.17) is 5.73 Å². The Morgan fingerprint density at radius 2 is 2.13 bits per heavy atom. The van der Waals surface area contributed by atoms with Crippen LogP contribution in [0.15, 0.2) is 0 Å². The zero-order valence-electron chi connectivity index (χ0n) is 9.75. The van der Waals surface area contributed by atoms with E-state index in [0.29, 0.717) is 17.9 Å². The monoisotopic (exact) mass is 213 g/mol. The van der Waals surface area contributed by atoms with Crippen LogP contribution in [0.5, 0.6) is 0 Å². The van der Waals surface area contributed by atoms with Gasteiger partial charge in [0, 0.05) is 19.1 Å². The molecule has 15 heavy (non-hydrogen) atoms. The first kappa shape index (κ1) is 12.3. The summed E-state index contributed by atoms with van der Waals surface area (Å²) < 4.78 is 0. The molecule has 0 heterocycles. The lowest BCUT2D eigenvalue weighted by molar-refractivity contribution is 0.237. The molecule has 4 N–H and O–H groups in total. The Balaban J connectivity index is 2.06. The highest BCUT2D eigenvalue weighted by Crippen LogP contribution is 2.22. The molecule has 0 saturated heterocycles. The summed E-state index contributed by atoms with van der Waals surface area (Å²) in [6.45, 7) is 5.65. The number of nitrogens with one attached hydrogen (secondary N) is 2. The zero-order valence-corrected chi connectivity index (χ0v) is 9.75. The third-order valence-corrected chi connectivity index (χ3v) is 2.80. The van der Waals surface area contributed by atoms with Gasteiger partial charge in [0.15, 0.2) is 0 Å². The Kier molecular flexibility index (Phi) is 4.88. The Labute approximate surface area is 92.0 Å². The van der Waals surface area contributed by atoms with Gasteiger partial charge in [0.2, 0.25) is 0 Å². The van der Waals surface area contributed by atoms with E-state index in [1.165, 1.54) is 0 Å². The Morgan fingerprint density at radius 3 is 2.67 bits per heavy atom. The molecule has 0 aromatic rings. The van der Waals surface area contributed by atoms with Crippen LogP contribution in [0.1, 0.15) is 33.1 Å². The van der Waals surface area contributed by atoms with Crippen LogP contribution >= 0.6 is 0 Å². The van der Waals surface area contributed by atoms with Crippen LogP contribution < -0.4 is 16.4 Å². The first-order chi connectivity index (χ1) is 7.08. The Hall–Kier alpha value is -0.770. The molecule has 1 aliphatic rings. The molecule has 2 atom stereocenters. The minimum Gasteiger partial charge on any atom is -0.338 e. The number of hydrogen-bond acceptors (Lipinski definition) is 2. The van der Waals surface area contributed by atoms with Gasteiger partial charge >= 0.3 is 6.03 Å². The fraction of sp³-hybridized carbons (Fsp3) is 0.909. The summed E-state index contributed by atoms with van der Waals surface area (Å²) in [6.07, 6.45) is 3.29. The molecule has 1 rings (SSSR count). The lowest BCUT2D eigenvalue weighted by atomic mass is 10.1. The zero-order chi connectivity index (χ0) is 11.3. The predicted molar refractivity (Wildman–Crippen MR) is 61.6 cm³/mol. The van der Waals surface area contributed by atoms with Gasteiger partial charge in [-0.3, -0.25) is 0 Å². The summed E-state index contributed by atoms with van der Waals surface area (Å²) in [4.78, 5) is 11.3. The number of carbonyl (C=O) groups excluding carboxylic acids is 1. The average Bonchev–Trinajstić information content (AvgIpc) is 2.58. The van der Waals surface area contributed by atoms with Crippen molar-refractivity contribution in [3.05, 3.63) is 0 Å². The standard InChI is InChI=1S/C11H23N3O/c1-8(2)6-13-11(15)14-7-9-3-4-10(12)5-9/h8-10H,3-7,12H2,1-2H3,(H2,13,14,15). The molecule has 4 nitrogen and oxygen atoms in total. The molecule has 2 unspecified atom stereocenters. The van der Waals surface area contributed by atoms with E-state index in [0.717, 1.165) is 32.4 Å². The smallest absolute Gasteiger partial charge is 0.314 e. The highest BCUT2D eigenvalue weighted by Gasteiger charge is 2.21. The molecule has 88 valence electrons. The minimum atomic E-state index is -0.0517. The van der Waals surface area contributed by atoms with Gasteiger partial charge in [0.25, 0.3) is 0 Å². The lowest BCUT2D eigenvalue weighted by Gasteiger charge is -2.12. The van der Waals surface area contributed by atoms with Crippen LogP contribution in [-0.4, -0.2) is 25.2 Å². The average molecular weight is 213 g/mol. The molecule has 1 fully saturated rings. The molecule has 2 amide bonds. The van der Waals surface area contributed by atoms with Gasteiger partial charge in [-0.05, 0) is 31.1 Å². The molecular weight excluding hydrogens is 190 g/mol. The number of amides is 2. The van der Waals surface area contributed by atoms with E-state index in [1.54, 1.807) is 0 Å². The predicted octanol–water partition coefficient (Wildman–Crippen LogP) is 1.07. The molecule has 1 aliphatic carbocycles. The highest BCUT2D eigenvalue weighted by molar-refractivity contribution is 5.73. The topological polar surface area (TPSA) is 67.2 Å². The van der Waals surface area contributed by atoms with Crippen molar-refractivity contribution in [2.24, 2.45) is 17.6 Å². The van der Waals surface area contributed by atoms with E-state index in [9.17, 15) is 4.79 Å². The van der Waals surface area contributed by atoms with Crippen molar-refractivity contribution in [3.63, 3.8) is 0 Å². The van der Waals surface area contributed by atoms with Gasteiger partial charge in [-0.15, -0.1) is 0 Å². The highest BCUT2D eigenvalue weighted by atomic mass is 16.2. The van der Waals surface area contributed by atoms with Crippen LogP contribution in [0.25, 0.3) is 0 Å². The molecule has 0 spiro atoms. The third-order valence-electron chi connectivity index (χ3n) is 2.80. The normalized spacial score (nSPS) is 25.6. The maximum Gasteiger partial charge on any atom is 0.314 e. The van der Waals surface area contributed by atoms with Crippen LogP contribution in [-0.2, 0) is 0 Å². The molecule has 4 heteroatoms. The van der Waals surface area contributed by atoms with Crippen LogP contribution in [0.2, 0.25) is 0 Å². The Bertz CT molecular complexity index is 206. The second-order valence-electron chi connectivity index (χ2n) is 4.92. The van der Waals surface area contributed by atoms with Gasteiger partial charge in [0.1, 0.15) is 0 Å². The number of rotatable bonds is 4. The largest absolute Gasteiger partial charge is 0.338 e. The second kappa shape index (κ2) is 5.95. The number of nitrogens with two attached hydrogens (primary N) is 1. The van der Waals surface area contributed by atoms with Crippen molar-refractivity contribution in [1.82, 2.24) is 10.6 Å². The van der Waals surface area contributed by atoms with Crippen molar-refractivity contribution < 1.29 is 4.79 Å². The summed E-state index contributed by atoms with van der Waals surface area (Å²) in [5, 5.41) is 5.73. The van der Waals surface area contributed by atoms with Gasteiger partial charge < -0.3 is 16.4 Å². The summed E-state index contributed by atoms with van der Waals surface area (Å²) in [5.74, 6) is 1.07. The van der Waals surface area contributed by atoms with E-state index in [1.807, 2.05) is 0 Å². The van der Waals surface area contributed by atoms with Gasteiger partial charge in [-0.1, -0.05) is 13.8 Å². The maximum absolute atomic E-state index is 11.3. The van der Waals surface area contributed by atoms with E-state index < -0.39 is 0 Å².